The van der Waals surface area contributed by atoms with Gasteiger partial charge in [0.2, 0.25) is 0 Å². The third-order valence-corrected chi connectivity index (χ3v) is 3.29. The van der Waals surface area contributed by atoms with Crippen molar-refractivity contribution in [3.05, 3.63) is 0 Å². The quantitative estimate of drug-likeness (QED) is 0.241. The molecule has 0 aromatic carbocycles. The van der Waals surface area contributed by atoms with Crippen LogP contribution in [0, 0.1) is 0 Å². The van der Waals surface area contributed by atoms with Crippen LogP contribution in [0.4, 0.5) is 0 Å². The number of nitrogens with zero attached hydrogens (tertiary/aromatic N) is 3. The number of hydrogen-bond acceptors (Lipinski definition) is 6. The number of rotatable bonds is 0. The molecule has 0 rings (SSSR count). The number of hydrogen-bond donors (Lipinski definition) is 0. The van der Waals surface area contributed by atoms with Gasteiger partial charge in [-0.1, -0.05) is 13.0 Å². The van der Waals surface area contributed by atoms with Gasteiger partial charge in [-0.05, 0) is 0 Å². The molecule has 115 valence electrons. The standard InChI is InChI=1S/3C3H7NS2.Co.Na/c3*1-4(2)3(5)6;;/h3*1-2H3,(H,5,6);;/q;;;+2;+1/p-3. The second kappa shape index (κ2) is 20.8. The van der Waals surface area contributed by atoms with E-state index in [1.165, 1.54) is 0 Å². The fraction of sp³-hybridized carbons (Fsp3) is 0.667. The Hall–Kier alpha value is 1.84. The van der Waals surface area contributed by atoms with E-state index in [0.29, 0.717) is 13.0 Å². The predicted octanol–water partition coefficient (Wildman–Crippen LogP) is -1.86. The second-order valence-electron chi connectivity index (χ2n) is 3.48. The van der Waals surface area contributed by atoms with Gasteiger partial charge in [0.25, 0.3) is 0 Å². The molecule has 0 aliphatic carbocycles. The Bertz CT molecular complexity index is 234. The third kappa shape index (κ3) is 36.8. The van der Waals surface area contributed by atoms with E-state index in [0.717, 1.165) is 0 Å². The third-order valence-electron chi connectivity index (χ3n) is 1.10. The van der Waals surface area contributed by atoms with Crippen LogP contribution in [0.25, 0.3) is 0 Å². The maximum atomic E-state index is 4.56. The fourth-order valence-corrected chi connectivity index (χ4v) is 0. The van der Waals surface area contributed by atoms with E-state index in [4.69, 9.17) is 0 Å². The summed E-state index contributed by atoms with van der Waals surface area (Å²) in [6.45, 7) is 0. The van der Waals surface area contributed by atoms with Gasteiger partial charge < -0.3 is 89.2 Å². The molecule has 11 heteroatoms. The average molecular weight is 443 g/mol. The Balaban J connectivity index is -0.0000000536. The molecule has 0 saturated carbocycles. The summed E-state index contributed by atoms with van der Waals surface area (Å²) in [6.07, 6.45) is 0. The van der Waals surface area contributed by atoms with Crippen molar-refractivity contribution in [2.24, 2.45) is 0 Å². The van der Waals surface area contributed by atoms with Crippen LogP contribution in [-0.2, 0) is 54.7 Å². The minimum Gasteiger partial charge on any atom is -0.411 e. The second-order valence-corrected chi connectivity index (χ2v) is 6.58. The van der Waals surface area contributed by atoms with Gasteiger partial charge in [0, 0.05) is 42.3 Å². The van der Waals surface area contributed by atoms with E-state index in [2.05, 4.69) is 74.5 Å². The van der Waals surface area contributed by atoms with Gasteiger partial charge in [0.05, 0.1) is 0 Å². The molecule has 20 heavy (non-hydrogen) atoms. The van der Waals surface area contributed by atoms with E-state index >= 15 is 0 Å². The summed E-state index contributed by atoms with van der Waals surface area (Å²) in [5, 5.41) is 0. The zero-order chi connectivity index (χ0) is 15.5. The zero-order valence-electron chi connectivity index (χ0n) is 12.6. The van der Waals surface area contributed by atoms with Gasteiger partial charge in [-0.25, -0.2) is 0 Å². The van der Waals surface area contributed by atoms with Crippen molar-refractivity contribution in [2.45, 2.75) is 0 Å². The molecule has 1 radical (unpaired) electrons. The van der Waals surface area contributed by atoms with Crippen LogP contribution >= 0.6 is 36.7 Å². The topological polar surface area (TPSA) is 9.72 Å². The Kier molecular flexibility index (Phi) is 34.8. The van der Waals surface area contributed by atoms with Crippen molar-refractivity contribution in [3.8, 4) is 0 Å². The molecular weight excluding hydrogens is 424 g/mol. The first-order chi connectivity index (χ1) is 7.93. The molecule has 0 aliphatic rings. The average Bonchev–Trinajstić information content (AvgIpc) is 2.18. The van der Waals surface area contributed by atoms with Crippen molar-refractivity contribution >= 4 is 87.5 Å². The molecule has 0 N–H and O–H groups in total. The molecule has 0 heterocycles. The molecule has 0 aliphatic heterocycles. The van der Waals surface area contributed by atoms with Crippen molar-refractivity contribution in [3.63, 3.8) is 0 Å². The van der Waals surface area contributed by atoms with Gasteiger partial charge in [-0.15, -0.1) is 0 Å². The van der Waals surface area contributed by atoms with E-state index < -0.39 is 0 Å². The molecule has 0 aromatic heterocycles. The summed E-state index contributed by atoms with van der Waals surface area (Å²) in [7, 11) is 11.0. The van der Waals surface area contributed by atoms with Gasteiger partial charge in [0.15, 0.2) is 0 Å². The van der Waals surface area contributed by atoms with Crippen LogP contribution in [0.5, 0.6) is 0 Å². The summed E-state index contributed by atoms with van der Waals surface area (Å²) in [5.41, 5.74) is 0. The molecule has 0 amide bonds. The summed E-state index contributed by atoms with van der Waals surface area (Å²) in [5.74, 6) is 0. The van der Waals surface area contributed by atoms with E-state index in [1.807, 2.05) is 42.3 Å². The largest absolute Gasteiger partial charge is 2.00 e. The predicted molar refractivity (Wildman–Crippen MR) is 101 cm³/mol. The first-order valence-corrected chi connectivity index (χ1v) is 7.03. The molecule has 0 saturated heterocycles. The van der Waals surface area contributed by atoms with Crippen molar-refractivity contribution < 1.29 is 46.3 Å². The van der Waals surface area contributed by atoms with Crippen molar-refractivity contribution in [1.29, 1.82) is 0 Å². The number of thiocarbonyl (C=S) groups is 3. The maximum Gasteiger partial charge on any atom is 2.00 e. The Morgan fingerprint density at radius 3 is 0.650 bits per heavy atom. The van der Waals surface area contributed by atoms with Gasteiger partial charge in [-0.2, -0.15) is 0 Å². The minimum atomic E-state index is 0. The van der Waals surface area contributed by atoms with Crippen molar-refractivity contribution in [1.82, 2.24) is 14.7 Å². The Labute approximate surface area is 188 Å². The molecule has 3 nitrogen and oxygen atoms in total. The van der Waals surface area contributed by atoms with Crippen LogP contribution in [0.2, 0.25) is 0 Å². The molecule has 0 bridgehead atoms. The van der Waals surface area contributed by atoms with Gasteiger partial charge in [0.1, 0.15) is 0 Å². The monoisotopic (exact) mass is 442 g/mol. The molecular formula is C9H18CoN3NaS6. The molecule has 0 spiro atoms. The van der Waals surface area contributed by atoms with Crippen LogP contribution in [0.1, 0.15) is 0 Å². The summed E-state index contributed by atoms with van der Waals surface area (Å²) < 4.78 is 1.53. The van der Waals surface area contributed by atoms with Crippen LogP contribution in [-0.4, -0.2) is 69.9 Å². The maximum absolute atomic E-state index is 4.56. The van der Waals surface area contributed by atoms with E-state index in [9.17, 15) is 0 Å². The first-order valence-electron chi connectivity index (χ1n) is 4.58. The molecule has 0 unspecified atom stereocenters. The molecule has 0 atom stereocenters. The fourth-order valence-electron chi connectivity index (χ4n) is 0. The first kappa shape index (κ1) is 33.4. The normalized spacial score (nSPS) is 6.90. The SMILES string of the molecule is CN(C)C(=S)[S-].CN(C)C(=S)[S-].CN(C)C(=S)[S-].[Co+2].[Na+]. The van der Waals surface area contributed by atoms with Crippen LogP contribution in [0.15, 0.2) is 0 Å². The Morgan fingerprint density at radius 1 is 0.600 bits per heavy atom. The van der Waals surface area contributed by atoms with Gasteiger partial charge >= 0.3 is 46.3 Å². The van der Waals surface area contributed by atoms with Crippen molar-refractivity contribution in [2.75, 3.05) is 42.3 Å². The summed E-state index contributed by atoms with van der Waals surface area (Å²) in [4.78, 5) is 5.14. The van der Waals surface area contributed by atoms with Crippen LogP contribution in [0.3, 0.4) is 0 Å². The minimum absolute atomic E-state index is 0. The summed E-state index contributed by atoms with van der Waals surface area (Å²) in [6, 6.07) is 0. The van der Waals surface area contributed by atoms with E-state index in [-0.39, 0.29) is 46.3 Å². The molecule has 0 fully saturated rings. The smallest absolute Gasteiger partial charge is 0.411 e. The van der Waals surface area contributed by atoms with Crippen LogP contribution < -0.4 is 29.6 Å². The van der Waals surface area contributed by atoms with Gasteiger partial charge in [-0.3, -0.25) is 0 Å². The zero-order valence-corrected chi connectivity index (χ0v) is 20.6. The summed E-state index contributed by atoms with van der Waals surface area (Å²) >= 11 is 27.4. The van der Waals surface area contributed by atoms with E-state index in [1.54, 1.807) is 14.7 Å². The molecule has 0 aromatic rings. The Morgan fingerprint density at radius 2 is 0.650 bits per heavy atom.